The number of sulfonamides is 1. The maximum atomic E-state index is 12.0. The Morgan fingerprint density at radius 2 is 1.95 bits per heavy atom. The molecule has 1 aromatic rings. The Hall–Kier alpha value is -0.400. The molecule has 0 aromatic carbocycles. The lowest BCUT2D eigenvalue weighted by atomic mass is 9.95. The van der Waals surface area contributed by atoms with Crippen LogP contribution in [0.25, 0.3) is 0 Å². The van der Waals surface area contributed by atoms with E-state index >= 15 is 0 Å². The molecular weight excluding hydrogens is 309 g/mol. The highest BCUT2D eigenvalue weighted by Gasteiger charge is 2.24. The number of halogens is 2. The van der Waals surface area contributed by atoms with Crippen LogP contribution in [-0.4, -0.2) is 25.5 Å². The molecule has 0 amide bonds. The molecule has 1 rings (SSSR count). The van der Waals surface area contributed by atoms with Gasteiger partial charge in [0.15, 0.2) is 0 Å². The van der Waals surface area contributed by atoms with Gasteiger partial charge in [0.25, 0.3) is 0 Å². The summed E-state index contributed by atoms with van der Waals surface area (Å²) >= 11 is 5.72. The van der Waals surface area contributed by atoms with Crippen molar-refractivity contribution < 1.29 is 8.42 Å². The predicted molar refractivity (Wildman–Crippen MR) is 79.2 cm³/mol. The van der Waals surface area contributed by atoms with Gasteiger partial charge < -0.3 is 5.73 Å². The van der Waals surface area contributed by atoms with E-state index in [1.165, 1.54) is 18.5 Å². The molecule has 0 aliphatic carbocycles. The second-order valence-electron chi connectivity index (χ2n) is 4.23. The first-order chi connectivity index (χ1) is 8.33. The molecule has 0 atom stereocenters. The van der Waals surface area contributed by atoms with Gasteiger partial charge in [-0.3, -0.25) is 4.98 Å². The second kappa shape index (κ2) is 7.40. The number of nitrogens with one attached hydrogen (secondary N) is 1. The fourth-order valence-electron chi connectivity index (χ4n) is 1.36. The summed E-state index contributed by atoms with van der Waals surface area (Å²) in [7, 11) is -3.61. The first kappa shape index (κ1) is 18.6. The predicted octanol–water partition coefficient (Wildman–Crippen LogP) is 1.95. The monoisotopic (exact) mass is 327 g/mol. The first-order valence-electron chi connectivity index (χ1n) is 5.72. The standard InChI is InChI=1S/C11H18ClN3O2S.ClH/c1-3-11(13,4-2)8-15-18(16,17)10-5-9(12)6-14-7-10;/h5-7,15H,3-4,8,13H2,1-2H3;1H. The third-order valence-electron chi connectivity index (χ3n) is 3.01. The lowest BCUT2D eigenvalue weighted by molar-refractivity contribution is 0.391. The molecule has 5 nitrogen and oxygen atoms in total. The second-order valence-corrected chi connectivity index (χ2v) is 6.44. The Kier molecular flexibility index (Phi) is 7.24. The summed E-state index contributed by atoms with van der Waals surface area (Å²) in [5.41, 5.74) is 5.51. The van der Waals surface area contributed by atoms with Crippen LogP contribution in [0.2, 0.25) is 5.02 Å². The SMILES string of the molecule is CCC(N)(CC)CNS(=O)(=O)c1cncc(Cl)c1.Cl. The fraction of sp³-hybridized carbons (Fsp3) is 0.545. The zero-order valence-electron chi connectivity index (χ0n) is 10.9. The van der Waals surface area contributed by atoms with E-state index in [9.17, 15) is 8.42 Å². The third-order valence-corrected chi connectivity index (χ3v) is 4.59. The molecule has 0 saturated heterocycles. The topological polar surface area (TPSA) is 85.1 Å². The number of aromatic nitrogens is 1. The van der Waals surface area contributed by atoms with E-state index in [0.717, 1.165) is 0 Å². The van der Waals surface area contributed by atoms with Crippen molar-refractivity contribution >= 4 is 34.0 Å². The van der Waals surface area contributed by atoms with Crippen molar-refractivity contribution in [3.8, 4) is 0 Å². The highest BCUT2D eigenvalue weighted by molar-refractivity contribution is 7.89. The summed E-state index contributed by atoms with van der Waals surface area (Å²) in [4.78, 5) is 3.80. The molecular formula is C11H19Cl2N3O2S. The maximum Gasteiger partial charge on any atom is 0.242 e. The largest absolute Gasteiger partial charge is 0.324 e. The van der Waals surface area contributed by atoms with Crippen molar-refractivity contribution in [3.63, 3.8) is 0 Å². The number of hydrogen-bond acceptors (Lipinski definition) is 4. The number of hydrogen-bond donors (Lipinski definition) is 2. The van der Waals surface area contributed by atoms with Gasteiger partial charge in [-0.15, -0.1) is 12.4 Å². The van der Waals surface area contributed by atoms with Gasteiger partial charge in [0.1, 0.15) is 4.90 Å². The molecule has 0 bridgehead atoms. The summed E-state index contributed by atoms with van der Waals surface area (Å²) < 4.78 is 26.5. The Labute approximate surface area is 125 Å². The molecule has 1 heterocycles. The van der Waals surface area contributed by atoms with Gasteiger partial charge in [0.2, 0.25) is 10.0 Å². The lowest BCUT2D eigenvalue weighted by Crippen LogP contribution is -2.49. The average Bonchev–Trinajstić information content (AvgIpc) is 2.36. The van der Waals surface area contributed by atoms with Crippen molar-refractivity contribution in [1.29, 1.82) is 0 Å². The number of nitrogens with two attached hydrogens (primary N) is 1. The maximum absolute atomic E-state index is 12.0. The van der Waals surface area contributed by atoms with E-state index in [4.69, 9.17) is 17.3 Å². The molecule has 8 heteroatoms. The van der Waals surface area contributed by atoms with Crippen LogP contribution in [0.4, 0.5) is 0 Å². The van der Waals surface area contributed by atoms with Gasteiger partial charge in [-0.2, -0.15) is 0 Å². The van der Waals surface area contributed by atoms with Crippen molar-refractivity contribution in [2.75, 3.05) is 6.54 Å². The fourth-order valence-corrected chi connectivity index (χ4v) is 2.73. The first-order valence-corrected chi connectivity index (χ1v) is 7.58. The van der Waals surface area contributed by atoms with Gasteiger partial charge in [-0.1, -0.05) is 25.4 Å². The zero-order valence-corrected chi connectivity index (χ0v) is 13.3. The smallest absolute Gasteiger partial charge is 0.242 e. The normalized spacial score (nSPS) is 12.0. The van der Waals surface area contributed by atoms with Crippen LogP contribution < -0.4 is 10.5 Å². The Bertz CT molecular complexity index is 504. The van der Waals surface area contributed by atoms with E-state index in [-0.39, 0.29) is 28.9 Å². The lowest BCUT2D eigenvalue weighted by Gasteiger charge is -2.26. The van der Waals surface area contributed by atoms with Crippen molar-refractivity contribution in [1.82, 2.24) is 9.71 Å². The van der Waals surface area contributed by atoms with Gasteiger partial charge in [-0.25, -0.2) is 13.1 Å². The molecule has 0 aliphatic heterocycles. The molecule has 0 fully saturated rings. The molecule has 0 spiro atoms. The van der Waals surface area contributed by atoms with Crippen LogP contribution in [0.1, 0.15) is 26.7 Å². The molecule has 0 unspecified atom stereocenters. The average molecular weight is 328 g/mol. The van der Waals surface area contributed by atoms with E-state index in [0.29, 0.717) is 12.8 Å². The quantitative estimate of drug-likeness (QED) is 0.836. The van der Waals surface area contributed by atoms with E-state index in [1.54, 1.807) is 0 Å². The van der Waals surface area contributed by atoms with Gasteiger partial charge in [-0.05, 0) is 18.9 Å². The highest BCUT2D eigenvalue weighted by Crippen LogP contribution is 2.15. The molecule has 0 radical (unpaired) electrons. The van der Waals surface area contributed by atoms with E-state index in [1.807, 2.05) is 13.8 Å². The van der Waals surface area contributed by atoms with E-state index < -0.39 is 15.6 Å². The summed E-state index contributed by atoms with van der Waals surface area (Å²) in [5.74, 6) is 0. The number of pyridine rings is 1. The van der Waals surface area contributed by atoms with Crippen molar-refractivity contribution in [2.24, 2.45) is 5.73 Å². The Balaban J connectivity index is 0.00000324. The summed E-state index contributed by atoms with van der Waals surface area (Å²) in [6.45, 7) is 4.05. The minimum atomic E-state index is -3.61. The van der Waals surface area contributed by atoms with Crippen LogP contribution >= 0.6 is 24.0 Å². The van der Waals surface area contributed by atoms with Crippen molar-refractivity contribution in [3.05, 3.63) is 23.5 Å². The van der Waals surface area contributed by atoms with Crippen LogP contribution in [0.5, 0.6) is 0 Å². The molecule has 0 saturated carbocycles. The summed E-state index contributed by atoms with van der Waals surface area (Å²) in [5, 5.41) is 0.280. The number of nitrogens with zero attached hydrogens (tertiary/aromatic N) is 1. The molecule has 19 heavy (non-hydrogen) atoms. The van der Waals surface area contributed by atoms with Crippen LogP contribution in [0, 0.1) is 0 Å². The summed E-state index contributed by atoms with van der Waals surface area (Å²) in [6.07, 6.45) is 4.02. The Morgan fingerprint density at radius 3 is 2.42 bits per heavy atom. The van der Waals surface area contributed by atoms with E-state index in [2.05, 4.69) is 9.71 Å². The Morgan fingerprint density at radius 1 is 1.37 bits per heavy atom. The summed E-state index contributed by atoms with van der Waals surface area (Å²) in [6, 6.07) is 1.35. The van der Waals surface area contributed by atoms with Crippen LogP contribution in [0.15, 0.2) is 23.4 Å². The van der Waals surface area contributed by atoms with Crippen LogP contribution in [0.3, 0.4) is 0 Å². The minimum absolute atomic E-state index is 0. The van der Waals surface area contributed by atoms with Crippen molar-refractivity contribution in [2.45, 2.75) is 37.1 Å². The molecule has 3 N–H and O–H groups in total. The van der Waals surface area contributed by atoms with Gasteiger partial charge >= 0.3 is 0 Å². The van der Waals surface area contributed by atoms with Gasteiger partial charge in [0.05, 0.1) is 5.02 Å². The van der Waals surface area contributed by atoms with Crippen LogP contribution in [-0.2, 0) is 10.0 Å². The van der Waals surface area contributed by atoms with Gasteiger partial charge in [0, 0.05) is 24.5 Å². The molecule has 1 aromatic heterocycles. The minimum Gasteiger partial charge on any atom is -0.324 e. The zero-order chi connectivity index (χ0) is 13.8. The highest BCUT2D eigenvalue weighted by atomic mass is 35.5. The molecule has 110 valence electrons. The third kappa shape index (κ3) is 5.24. The number of rotatable bonds is 6. The molecule has 0 aliphatic rings.